The summed E-state index contributed by atoms with van der Waals surface area (Å²) >= 11 is 0. The predicted octanol–water partition coefficient (Wildman–Crippen LogP) is 10.4. The summed E-state index contributed by atoms with van der Waals surface area (Å²) in [5, 5.41) is 0. The van der Waals surface area contributed by atoms with Crippen molar-refractivity contribution in [1.82, 2.24) is 0 Å². The highest BCUT2D eigenvalue weighted by molar-refractivity contribution is 5.14. The standard InChI is InChI=1S/C26H46.2C2H6/c1-5-7-8-11-20-13-14-22-25(20,4)18-16-23-24(3)17-10-9-12-21(24)15-19-26(22,23)6-2;2*1-2/h20-23H,5-19H2,1-4H3;2*1-2H3. The van der Waals surface area contributed by atoms with Crippen molar-refractivity contribution in [2.24, 2.45) is 39.9 Å². The van der Waals surface area contributed by atoms with Crippen molar-refractivity contribution in [1.29, 1.82) is 0 Å². The highest BCUT2D eigenvalue weighted by atomic mass is 14.7. The van der Waals surface area contributed by atoms with Crippen molar-refractivity contribution in [3.8, 4) is 0 Å². The van der Waals surface area contributed by atoms with Crippen LogP contribution in [0.5, 0.6) is 0 Å². The first-order valence-corrected chi connectivity index (χ1v) is 14.5. The van der Waals surface area contributed by atoms with Gasteiger partial charge in [-0.1, -0.05) is 87.5 Å². The summed E-state index contributed by atoms with van der Waals surface area (Å²) in [5.74, 6) is 4.20. The fraction of sp³-hybridized carbons (Fsp3) is 1.00. The third-order valence-corrected chi connectivity index (χ3v) is 10.9. The molecule has 0 heteroatoms. The van der Waals surface area contributed by atoms with Crippen molar-refractivity contribution in [2.75, 3.05) is 0 Å². The molecule has 4 aliphatic rings. The summed E-state index contributed by atoms with van der Waals surface area (Å²) in [7, 11) is 0. The van der Waals surface area contributed by atoms with Gasteiger partial charge in [-0.15, -0.1) is 0 Å². The van der Waals surface area contributed by atoms with Crippen LogP contribution < -0.4 is 0 Å². The van der Waals surface area contributed by atoms with Crippen LogP contribution in [0.2, 0.25) is 0 Å². The Morgan fingerprint density at radius 2 is 1.37 bits per heavy atom. The smallest absolute Gasteiger partial charge is 0.0233 e. The Hall–Kier alpha value is 0. The number of hydrogen-bond acceptors (Lipinski definition) is 0. The second-order valence-corrected chi connectivity index (χ2v) is 11.5. The summed E-state index contributed by atoms with van der Waals surface area (Å²) in [6, 6.07) is 0. The highest BCUT2D eigenvalue weighted by Gasteiger charge is 2.65. The summed E-state index contributed by atoms with van der Waals surface area (Å²) in [6.45, 7) is 18.4. The molecule has 0 saturated heterocycles. The molecule has 0 aromatic rings. The fourth-order valence-electron chi connectivity index (χ4n) is 9.55. The molecule has 0 amide bonds. The molecule has 0 heterocycles. The van der Waals surface area contributed by atoms with Gasteiger partial charge in [-0.3, -0.25) is 0 Å². The molecule has 30 heavy (non-hydrogen) atoms. The van der Waals surface area contributed by atoms with E-state index in [1.54, 1.807) is 51.4 Å². The molecular weight excluding hydrogens is 360 g/mol. The van der Waals surface area contributed by atoms with Crippen molar-refractivity contribution >= 4 is 0 Å². The molecule has 7 atom stereocenters. The van der Waals surface area contributed by atoms with E-state index in [0.717, 1.165) is 23.7 Å². The summed E-state index contributed by atoms with van der Waals surface area (Å²) < 4.78 is 0. The van der Waals surface area contributed by atoms with Crippen LogP contribution in [-0.4, -0.2) is 0 Å². The molecule has 4 fully saturated rings. The van der Waals surface area contributed by atoms with Crippen LogP contribution in [0, 0.1) is 39.9 Å². The molecule has 0 aromatic carbocycles. The van der Waals surface area contributed by atoms with Crippen molar-refractivity contribution in [3.05, 3.63) is 0 Å². The molecule has 0 aromatic heterocycles. The van der Waals surface area contributed by atoms with Crippen LogP contribution in [-0.2, 0) is 0 Å². The minimum Gasteiger partial charge on any atom is -0.0683 e. The van der Waals surface area contributed by atoms with E-state index in [9.17, 15) is 0 Å². The van der Waals surface area contributed by atoms with E-state index >= 15 is 0 Å². The topological polar surface area (TPSA) is 0 Å². The summed E-state index contributed by atoms with van der Waals surface area (Å²) in [6.07, 6.45) is 22.9. The lowest BCUT2D eigenvalue weighted by Crippen LogP contribution is -2.59. The zero-order valence-corrected chi connectivity index (χ0v) is 22.4. The van der Waals surface area contributed by atoms with Crippen molar-refractivity contribution in [3.63, 3.8) is 0 Å². The second-order valence-electron chi connectivity index (χ2n) is 11.5. The molecule has 0 spiro atoms. The van der Waals surface area contributed by atoms with E-state index in [1.165, 1.54) is 44.9 Å². The third-order valence-electron chi connectivity index (χ3n) is 10.9. The first kappa shape index (κ1) is 26.3. The Morgan fingerprint density at radius 1 is 0.667 bits per heavy atom. The molecule has 4 aliphatic carbocycles. The van der Waals surface area contributed by atoms with Gasteiger partial charge in [-0.05, 0) is 104 Å². The average molecular weight is 419 g/mol. The van der Waals surface area contributed by atoms with Gasteiger partial charge in [0.05, 0.1) is 0 Å². The van der Waals surface area contributed by atoms with Crippen molar-refractivity contribution in [2.45, 2.75) is 152 Å². The molecule has 0 bridgehead atoms. The monoisotopic (exact) mass is 418 g/mol. The maximum absolute atomic E-state index is 2.75. The van der Waals surface area contributed by atoms with E-state index < -0.39 is 0 Å². The van der Waals surface area contributed by atoms with E-state index in [-0.39, 0.29) is 0 Å². The van der Waals surface area contributed by atoms with Crippen LogP contribution in [0.3, 0.4) is 0 Å². The van der Waals surface area contributed by atoms with E-state index in [1.807, 2.05) is 27.7 Å². The maximum atomic E-state index is 2.75. The molecule has 178 valence electrons. The summed E-state index contributed by atoms with van der Waals surface area (Å²) in [5.41, 5.74) is 2.07. The minimum atomic E-state index is 0.679. The van der Waals surface area contributed by atoms with Gasteiger partial charge in [0.15, 0.2) is 0 Å². The van der Waals surface area contributed by atoms with E-state index in [4.69, 9.17) is 0 Å². The zero-order chi connectivity index (χ0) is 22.4. The second kappa shape index (κ2) is 11.2. The Kier molecular flexibility index (Phi) is 9.83. The third kappa shape index (κ3) is 4.29. The molecule has 7 unspecified atom stereocenters. The van der Waals surface area contributed by atoms with Crippen LogP contribution >= 0.6 is 0 Å². The Morgan fingerprint density at radius 3 is 2.03 bits per heavy atom. The first-order valence-electron chi connectivity index (χ1n) is 14.5. The van der Waals surface area contributed by atoms with Gasteiger partial charge < -0.3 is 0 Å². The predicted molar refractivity (Wildman–Crippen MR) is 136 cm³/mol. The molecule has 0 nitrogen and oxygen atoms in total. The zero-order valence-electron chi connectivity index (χ0n) is 22.4. The van der Waals surface area contributed by atoms with Gasteiger partial charge in [-0.2, -0.15) is 0 Å². The molecular formula is C30H58. The fourth-order valence-corrected chi connectivity index (χ4v) is 9.55. The van der Waals surface area contributed by atoms with Crippen LogP contribution in [0.25, 0.3) is 0 Å². The number of fused-ring (bicyclic) bond motifs is 5. The molecule has 4 saturated carbocycles. The van der Waals surface area contributed by atoms with E-state index in [0.29, 0.717) is 16.2 Å². The minimum absolute atomic E-state index is 0.679. The average Bonchev–Trinajstić information content (AvgIpc) is 3.13. The summed E-state index contributed by atoms with van der Waals surface area (Å²) in [4.78, 5) is 0. The van der Waals surface area contributed by atoms with Crippen molar-refractivity contribution < 1.29 is 0 Å². The lowest BCUT2D eigenvalue weighted by molar-refractivity contribution is -0.175. The highest BCUT2D eigenvalue weighted by Crippen LogP contribution is 2.73. The molecule has 0 N–H and O–H groups in total. The lowest BCUT2D eigenvalue weighted by Gasteiger charge is -2.66. The largest absolute Gasteiger partial charge is 0.0683 e. The SMILES string of the molecule is CC.CC.CCCCCC1CCC2C1(C)CCC1C3(C)CCCCC3CCC12CC. The maximum Gasteiger partial charge on any atom is -0.0233 e. The molecule has 0 radical (unpaired) electrons. The normalized spacial score (nSPS) is 44.4. The first-order chi connectivity index (χ1) is 14.5. The Labute approximate surface area is 191 Å². The van der Waals surface area contributed by atoms with Gasteiger partial charge in [-0.25, -0.2) is 0 Å². The Balaban J connectivity index is 0.000000757. The van der Waals surface area contributed by atoms with Gasteiger partial charge in [0.25, 0.3) is 0 Å². The van der Waals surface area contributed by atoms with Crippen LogP contribution in [0.4, 0.5) is 0 Å². The quantitative estimate of drug-likeness (QED) is 0.389. The van der Waals surface area contributed by atoms with Gasteiger partial charge in [0, 0.05) is 0 Å². The van der Waals surface area contributed by atoms with Crippen LogP contribution in [0.15, 0.2) is 0 Å². The van der Waals surface area contributed by atoms with Gasteiger partial charge in [0.2, 0.25) is 0 Å². The number of unbranched alkanes of at least 4 members (excludes halogenated alkanes) is 2. The molecule has 0 aliphatic heterocycles. The van der Waals surface area contributed by atoms with E-state index in [2.05, 4.69) is 27.7 Å². The van der Waals surface area contributed by atoms with Gasteiger partial charge in [0.1, 0.15) is 0 Å². The van der Waals surface area contributed by atoms with Gasteiger partial charge >= 0.3 is 0 Å². The Bertz CT molecular complexity index is 494. The number of rotatable bonds is 5. The lowest BCUT2D eigenvalue weighted by atomic mass is 9.38. The molecule has 4 rings (SSSR count). The van der Waals surface area contributed by atoms with Crippen LogP contribution in [0.1, 0.15) is 152 Å². The number of hydrogen-bond donors (Lipinski definition) is 0.